The van der Waals surface area contributed by atoms with E-state index in [-0.39, 0.29) is 5.91 Å². The van der Waals surface area contributed by atoms with E-state index >= 15 is 0 Å². The number of amides is 1. The van der Waals surface area contributed by atoms with Gasteiger partial charge in [0.05, 0.1) is 30.4 Å². The van der Waals surface area contributed by atoms with Gasteiger partial charge in [-0.3, -0.25) is 14.7 Å². The molecule has 190 valence electrons. The van der Waals surface area contributed by atoms with Crippen LogP contribution in [0.3, 0.4) is 0 Å². The Labute approximate surface area is 209 Å². The van der Waals surface area contributed by atoms with Crippen LogP contribution in [0.25, 0.3) is 0 Å². The van der Waals surface area contributed by atoms with E-state index in [9.17, 15) is 4.79 Å². The van der Waals surface area contributed by atoms with E-state index < -0.39 is 0 Å². The molecule has 0 radical (unpaired) electrons. The summed E-state index contributed by atoms with van der Waals surface area (Å²) in [7, 11) is 0. The first-order valence-corrected chi connectivity index (χ1v) is 12.5. The number of nitrogens with two attached hydrogens (primary N) is 1. The van der Waals surface area contributed by atoms with Crippen molar-refractivity contribution in [1.29, 1.82) is 0 Å². The third-order valence-electron chi connectivity index (χ3n) is 5.98. The lowest BCUT2D eigenvalue weighted by atomic mass is 10.2. The number of unbranched alkanes of at least 4 members (excludes halogenated alkanes) is 2. The molecule has 35 heavy (non-hydrogen) atoms. The zero-order valence-electron chi connectivity index (χ0n) is 21.1. The Balaban J connectivity index is 1.52. The van der Waals surface area contributed by atoms with Gasteiger partial charge in [-0.2, -0.15) is 0 Å². The molecule has 0 saturated carbocycles. The van der Waals surface area contributed by atoms with Gasteiger partial charge in [-0.25, -0.2) is 0 Å². The van der Waals surface area contributed by atoms with E-state index in [1.54, 1.807) is 24.4 Å². The molecule has 2 aromatic rings. The van der Waals surface area contributed by atoms with Crippen molar-refractivity contribution in [3.05, 3.63) is 66.3 Å². The molecular formula is C27H40N6O2. The summed E-state index contributed by atoms with van der Waals surface area (Å²) in [6.07, 6.45) is 5.21. The number of anilines is 2. The monoisotopic (exact) mass is 480 g/mol. The Kier molecular flexibility index (Phi) is 10.4. The molecule has 8 nitrogen and oxygen atoms in total. The molecule has 0 unspecified atom stereocenters. The smallest absolute Gasteiger partial charge is 0.274 e. The maximum atomic E-state index is 12.6. The minimum atomic E-state index is -0.280. The molecule has 4 N–H and O–H groups in total. The lowest BCUT2D eigenvalue weighted by Crippen LogP contribution is -2.37. The predicted octanol–water partition coefficient (Wildman–Crippen LogP) is 3.69. The van der Waals surface area contributed by atoms with Gasteiger partial charge in [0.2, 0.25) is 0 Å². The van der Waals surface area contributed by atoms with Crippen LogP contribution in [0.2, 0.25) is 0 Å². The highest BCUT2D eigenvalue weighted by molar-refractivity contribution is 6.04. The van der Waals surface area contributed by atoms with Crippen LogP contribution in [0.1, 0.15) is 49.2 Å². The average molecular weight is 481 g/mol. The molecule has 1 amide bonds. The second-order valence-corrected chi connectivity index (χ2v) is 9.28. The summed E-state index contributed by atoms with van der Waals surface area (Å²) in [5.74, 6) is 0.631. The third-order valence-corrected chi connectivity index (χ3v) is 5.98. The molecular weight excluding hydrogens is 440 g/mol. The second-order valence-electron chi connectivity index (χ2n) is 9.28. The van der Waals surface area contributed by atoms with E-state index in [0.29, 0.717) is 29.7 Å². The maximum absolute atomic E-state index is 12.6. The second kappa shape index (κ2) is 13.7. The van der Waals surface area contributed by atoms with Crippen LogP contribution in [0, 0.1) is 0 Å². The molecule has 0 bridgehead atoms. The van der Waals surface area contributed by atoms with Crippen molar-refractivity contribution < 1.29 is 9.53 Å². The maximum Gasteiger partial charge on any atom is 0.274 e. The summed E-state index contributed by atoms with van der Waals surface area (Å²) < 4.78 is 5.43. The van der Waals surface area contributed by atoms with Crippen LogP contribution < -0.4 is 16.4 Å². The van der Waals surface area contributed by atoms with Gasteiger partial charge in [-0.05, 0) is 57.0 Å². The van der Waals surface area contributed by atoms with E-state index in [1.165, 1.54) is 12.8 Å². The third kappa shape index (κ3) is 8.88. The first-order valence-electron chi connectivity index (χ1n) is 12.5. The highest BCUT2D eigenvalue weighted by Gasteiger charge is 2.13. The molecule has 1 aliphatic rings. The number of aromatic nitrogens is 1. The summed E-state index contributed by atoms with van der Waals surface area (Å²) >= 11 is 0. The summed E-state index contributed by atoms with van der Waals surface area (Å²) in [6.45, 7) is 15.0. The standard InChI is InChI=1S/C27H40N6O2/c1-21(2)30-22(3)33(14-8-4-7-13-32-15-17-35-18-16-32)20-23-11-12-26(29-19-23)27(34)31-25-10-6-5-9-24(25)28/h5-6,9-12,19,21,30H,3-4,7-8,13-18,20,28H2,1-2H3,(H,31,34). The van der Waals surface area contributed by atoms with Crippen molar-refractivity contribution in [1.82, 2.24) is 20.1 Å². The van der Waals surface area contributed by atoms with Gasteiger partial charge in [0.1, 0.15) is 5.69 Å². The lowest BCUT2D eigenvalue weighted by Gasteiger charge is -2.29. The highest BCUT2D eigenvalue weighted by Crippen LogP contribution is 2.18. The summed E-state index contributed by atoms with van der Waals surface area (Å²) in [6, 6.07) is 11.2. The number of hydrogen-bond donors (Lipinski definition) is 3. The molecule has 0 atom stereocenters. The normalized spacial score (nSPS) is 14.0. The fourth-order valence-corrected chi connectivity index (χ4v) is 4.04. The van der Waals surface area contributed by atoms with Crippen LogP contribution in [0.4, 0.5) is 11.4 Å². The molecule has 3 rings (SSSR count). The van der Waals surface area contributed by atoms with E-state index in [2.05, 4.69) is 45.8 Å². The summed E-state index contributed by atoms with van der Waals surface area (Å²) in [4.78, 5) is 21.7. The van der Waals surface area contributed by atoms with Crippen molar-refractivity contribution in [2.45, 2.75) is 45.7 Å². The molecule has 1 aromatic heterocycles. The summed E-state index contributed by atoms with van der Waals surface area (Å²) in [5.41, 5.74) is 8.41. The zero-order chi connectivity index (χ0) is 25.0. The highest BCUT2D eigenvalue weighted by atomic mass is 16.5. The summed E-state index contributed by atoms with van der Waals surface area (Å²) in [5, 5.41) is 6.25. The Bertz CT molecular complexity index is 941. The number of ether oxygens (including phenoxy) is 1. The average Bonchev–Trinajstić information content (AvgIpc) is 2.85. The number of carbonyl (C=O) groups is 1. The first kappa shape index (κ1) is 26.5. The molecule has 8 heteroatoms. The number of carbonyl (C=O) groups excluding carboxylic acids is 1. The fourth-order valence-electron chi connectivity index (χ4n) is 4.04. The topological polar surface area (TPSA) is 95.8 Å². The van der Waals surface area contributed by atoms with Gasteiger partial charge in [-0.15, -0.1) is 0 Å². The van der Waals surface area contributed by atoms with Gasteiger partial charge < -0.3 is 26.0 Å². The number of morpholine rings is 1. The van der Waals surface area contributed by atoms with Gasteiger partial charge >= 0.3 is 0 Å². The predicted molar refractivity (Wildman–Crippen MR) is 142 cm³/mol. The van der Waals surface area contributed by atoms with Gasteiger partial charge in [-0.1, -0.05) is 31.2 Å². The molecule has 2 heterocycles. The molecule has 1 aromatic carbocycles. The van der Waals surface area contributed by atoms with Crippen molar-refractivity contribution in [2.75, 3.05) is 50.4 Å². The van der Waals surface area contributed by atoms with Crippen molar-refractivity contribution in [3.8, 4) is 0 Å². The Morgan fingerprint density at radius 2 is 1.94 bits per heavy atom. The van der Waals surface area contributed by atoms with Crippen LogP contribution in [0.5, 0.6) is 0 Å². The van der Waals surface area contributed by atoms with Crippen LogP contribution >= 0.6 is 0 Å². The van der Waals surface area contributed by atoms with Gasteiger partial charge in [0.25, 0.3) is 5.91 Å². The Morgan fingerprint density at radius 3 is 2.63 bits per heavy atom. The number of hydrogen-bond acceptors (Lipinski definition) is 7. The molecule has 0 spiro atoms. The van der Waals surface area contributed by atoms with Crippen molar-refractivity contribution >= 4 is 17.3 Å². The van der Waals surface area contributed by atoms with Gasteiger partial charge in [0.15, 0.2) is 0 Å². The number of nitrogens with zero attached hydrogens (tertiary/aromatic N) is 3. The minimum absolute atomic E-state index is 0.280. The molecule has 0 aliphatic carbocycles. The number of rotatable bonds is 13. The SMILES string of the molecule is C=C(NC(C)C)N(CCCCCN1CCOCC1)Cc1ccc(C(=O)Nc2ccccc2N)nc1. The van der Waals surface area contributed by atoms with Crippen LogP contribution in [-0.4, -0.2) is 66.1 Å². The van der Waals surface area contributed by atoms with Gasteiger partial charge in [0, 0.05) is 38.4 Å². The first-order chi connectivity index (χ1) is 16.9. The van der Waals surface area contributed by atoms with E-state index in [4.69, 9.17) is 10.5 Å². The number of pyridine rings is 1. The number of benzene rings is 1. The largest absolute Gasteiger partial charge is 0.397 e. The van der Waals surface area contributed by atoms with E-state index in [1.807, 2.05) is 18.2 Å². The van der Waals surface area contributed by atoms with Crippen LogP contribution in [0.15, 0.2) is 55.0 Å². The fraction of sp³-hybridized carbons (Fsp3) is 0.481. The van der Waals surface area contributed by atoms with Crippen molar-refractivity contribution in [2.24, 2.45) is 0 Å². The van der Waals surface area contributed by atoms with Crippen molar-refractivity contribution in [3.63, 3.8) is 0 Å². The minimum Gasteiger partial charge on any atom is -0.397 e. The molecule has 1 aliphatic heterocycles. The van der Waals surface area contributed by atoms with E-state index in [0.717, 1.165) is 57.2 Å². The lowest BCUT2D eigenvalue weighted by molar-refractivity contribution is 0.0370. The molecule has 1 saturated heterocycles. The molecule has 1 fully saturated rings. The Morgan fingerprint density at radius 1 is 1.17 bits per heavy atom. The van der Waals surface area contributed by atoms with Crippen LogP contribution in [-0.2, 0) is 11.3 Å². The number of nitrogens with one attached hydrogen (secondary N) is 2. The number of para-hydroxylation sites is 2. The zero-order valence-corrected chi connectivity index (χ0v) is 21.1. The Hall–Kier alpha value is -3.10. The number of nitrogen functional groups attached to an aromatic ring is 1. The quantitative estimate of drug-likeness (QED) is 0.297.